The lowest BCUT2D eigenvalue weighted by molar-refractivity contribution is -0.127. The zero-order chi connectivity index (χ0) is 19.9. The largest absolute Gasteiger partial charge is 0.396 e. The highest BCUT2D eigenvalue weighted by molar-refractivity contribution is 5.79. The lowest BCUT2D eigenvalue weighted by atomic mass is 9.48. The number of aliphatic hydroxyl groups excluding tert-OH is 1. The van der Waals surface area contributed by atoms with Crippen LogP contribution in [0, 0.1) is 40.4 Å². The van der Waals surface area contributed by atoms with Gasteiger partial charge in [0.15, 0.2) is 0 Å². The molecule has 4 aliphatic rings. The number of carbonyl (C=O) groups excluding carboxylic acids is 1. The Labute approximate surface area is 172 Å². The third kappa shape index (κ3) is 3.42. The van der Waals surface area contributed by atoms with Crippen LogP contribution in [0.2, 0.25) is 0 Å². The summed E-state index contributed by atoms with van der Waals surface area (Å²) in [5, 5.41) is 9.24. The molecule has 0 aliphatic heterocycles. The number of aliphatic hydroxyl groups is 1. The molecule has 3 fully saturated rings. The third-order valence-electron chi connectivity index (χ3n) is 9.90. The van der Waals surface area contributed by atoms with Gasteiger partial charge in [-0.25, -0.2) is 0 Å². The van der Waals surface area contributed by atoms with Crippen LogP contribution in [0.1, 0.15) is 97.8 Å². The second-order valence-electron chi connectivity index (χ2n) is 11.4. The first-order valence-corrected chi connectivity index (χ1v) is 12.2. The molecule has 0 aromatic carbocycles. The minimum atomic E-state index is 0.337. The monoisotopic (exact) mass is 386 g/mol. The van der Waals surface area contributed by atoms with Gasteiger partial charge in [-0.2, -0.15) is 0 Å². The van der Waals surface area contributed by atoms with E-state index in [-0.39, 0.29) is 0 Å². The maximum absolute atomic E-state index is 12.0. The number of ketones is 1. The standard InChI is InChI=1S/C26H42O2/c1-18(17-27)6-4-5-7-19-9-11-23-22-10-8-20-16-21(28)12-14-26(20,3)24(22)13-15-25(19,23)2/h10,18-20,23-24,27H,4-9,11-17H2,1-3H3/t18?,19?,20?,23?,24?,25-,26+/m1/s1. The van der Waals surface area contributed by atoms with Crippen molar-refractivity contribution < 1.29 is 9.90 Å². The molecule has 158 valence electrons. The minimum absolute atomic E-state index is 0.337. The average Bonchev–Trinajstić information content (AvgIpc) is 3.02. The van der Waals surface area contributed by atoms with Crippen LogP contribution >= 0.6 is 0 Å². The van der Waals surface area contributed by atoms with Crippen LogP contribution in [0.25, 0.3) is 0 Å². The van der Waals surface area contributed by atoms with E-state index in [1.807, 2.05) is 5.57 Å². The molecule has 2 heteroatoms. The maximum atomic E-state index is 12.0. The van der Waals surface area contributed by atoms with Crippen molar-refractivity contribution in [2.75, 3.05) is 6.61 Å². The molecule has 3 saturated carbocycles. The quantitative estimate of drug-likeness (QED) is 0.428. The Bertz CT molecular complexity index is 622. The zero-order valence-corrected chi connectivity index (χ0v) is 18.5. The van der Waals surface area contributed by atoms with E-state index in [9.17, 15) is 9.90 Å². The van der Waals surface area contributed by atoms with Crippen molar-refractivity contribution in [3.05, 3.63) is 11.6 Å². The summed E-state index contributed by atoms with van der Waals surface area (Å²) in [5.74, 6) is 4.03. The highest BCUT2D eigenvalue weighted by Gasteiger charge is 2.57. The number of allylic oxidation sites excluding steroid dienone is 2. The molecule has 0 spiro atoms. The molecular weight excluding hydrogens is 344 g/mol. The van der Waals surface area contributed by atoms with Crippen LogP contribution in [0.5, 0.6) is 0 Å². The number of hydrogen-bond acceptors (Lipinski definition) is 2. The van der Waals surface area contributed by atoms with Gasteiger partial charge in [0.05, 0.1) is 0 Å². The van der Waals surface area contributed by atoms with Crippen molar-refractivity contribution in [2.24, 2.45) is 40.4 Å². The fraction of sp³-hybridized carbons (Fsp3) is 0.885. The number of rotatable bonds is 6. The number of carbonyl (C=O) groups is 1. The van der Waals surface area contributed by atoms with E-state index in [1.165, 1.54) is 51.4 Å². The lowest BCUT2D eigenvalue weighted by Gasteiger charge is -2.56. The second-order valence-corrected chi connectivity index (χ2v) is 11.4. The van der Waals surface area contributed by atoms with E-state index >= 15 is 0 Å². The summed E-state index contributed by atoms with van der Waals surface area (Å²) in [5.41, 5.74) is 2.72. The molecule has 0 saturated heterocycles. The van der Waals surface area contributed by atoms with E-state index < -0.39 is 0 Å². The fourth-order valence-corrected chi connectivity index (χ4v) is 7.86. The SMILES string of the molecule is CC(CO)CCCCC1CCC2C3=CCC4CC(=O)CC[C@]4(C)C3CC[C@]12C. The third-order valence-corrected chi connectivity index (χ3v) is 9.90. The van der Waals surface area contributed by atoms with Crippen molar-refractivity contribution >= 4 is 5.78 Å². The molecule has 7 atom stereocenters. The van der Waals surface area contributed by atoms with Gasteiger partial charge in [0.1, 0.15) is 5.78 Å². The molecule has 28 heavy (non-hydrogen) atoms. The zero-order valence-electron chi connectivity index (χ0n) is 18.5. The predicted molar refractivity (Wildman–Crippen MR) is 115 cm³/mol. The van der Waals surface area contributed by atoms with E-state index in [0.29, 0.717) is 35.1 Å². The minimum Gasteiger partial charge on any atom is -0.396 e. The van der Waals surface area contributed by atoms with Gasteiger partial charge >= 0.3 is 0 Å². The maximum Gasteiger partial charge on any atom is 0.133 e. The van der Waals surface area contributed by atoms with Gasteiger partial charge in [-0.15, -0.1) is 0 Å². The van der Waals surface area contributed by atoms with Gasteiger partial charge in [-0.05, 0) is 91.8 Å². The molecule has 0 aromatic rings. The summed E-state index contributed by atoms with van der Waals surface area (Å²) >= 11 is 0. The van der Waals surface area contributed by atoms with E-state index in [0.717, 1.165) is 43.4 Å². The van der Waals surface area contributed by atoms with Gasteiger partial charge < -0.3 is 5.11 Å². The van der Waals surface area contributed by atoms with E-state index in [1.54, 1.807) is 0 Å². The lowest BCUT2D eigenvalue weighted by Crippen LogP contribution is -2.49. The van der Waals surface area contributed by atoms with Gasteiger partial charge in [0.25, 0.3) is 0 Å². The summed E-state index contributed by atoms with van der Waals surface area (Å²) < 4.78 is 0. The first kappa shape index (κ1) is 20.6. The smallest absolute Gasteiger partial charge is 0.133 e. The second kappa shape index (κ2) is 7.89. The Balaban J connectivity index is 1.44. The molecule has 0 radical (unpaired) electrons. The molecule has 0 heterocycles. The fourth-order valence-electron chi connectivity index (χ4n) is 7.86. The van der Waals surface area contributed by atoms with E-state index in [2.05, 4.69) is 26.8 Å². The highest BCUT2D eigenvalue weighted by Crippen LogP contribution is 2.66. The Morgan fingerprint density at radius 3 is 2.68 bits per heavy atom. The van der Waals surface area contributed by atoms with Crippen LogP contribution in [0.3, 0.4) is 0 Å². The molecule has 0 bridgehead atoms. The molecule has 4 rings (SSSR count). The normalized spacial score (nSPS) is 43.7. The highest BCUT2D eigenvalue weighted by atomic mass is 16.3. The topological polar surface area (TPSA) is 37.3 Å². The van der Waals surface area contributed by atoms with Crippen molar-refractivity contribution in [3.8, 4) is 0 Å². The molecule has 4 aliphatic carbocycles. The summed E-state index contributed by atoms with van der Waals surface area (Å²) in [7, 11) is 0. The molecule has 0 aromatic heterocycles. The van der Waals surface area contributed by atoms with Crippen LogP contribution < -0.4 is 0 Å². The van der Waals surface area contributed by atoms with Gasteiger partial charge in [0.2, 0.25) is 0 Å². The summed E-state index contributed by atoms with van der Waals surface area (Å²) in [6, 6.07) is 0. The van der Waals surface area contributed by atoms with Crippen LogP contribution in [0.15, 0.2) is 11.6 Å². The predicted octanol–water partition coefficient (Wildman–Crippen LogP) is 6.32. The van der Waals surface area contributed by atoms with Gasteiger partial charge in [0, 0.05) is 19.4 Å². The molecule has 2 nitrogen and oxygen atoms in total. The van der Waals surface area contributed by atoms with Crippen LogP contribution in [-0.4, -0.2) is 17.5 Å². The van der Waals surface area contributed by atoms with Crippen molar-refractivity contribution in [1.82, 2.24) is 0 Å². The summed E-state index contributed by atoms with van der Waals surface area (Å²) in [6.07, 6.45) is 17.3. The first-order chi connectivity index (χ1) is 13.4. The Kier molecular flexibility index (Phi) is 5.82. The average molecular weight is 387 g/mol. The Hall–Kier alpha value is -0.630. The molecule has 0 amide bonds. The van der Waals surface area contributed by atoms with Gasteiger partial charge in [-0.3, -0.25) is 4.79 Å². The van der Waals surface area contributed by atoms with Crippen molar-refractivity contribution in [3.63, 3.8) is 0 Å². The van der Waals surface area contributed by atoms with Crippen molar-refractivity contribution in [1.29, 1.82) is 0 Å². The molecular formula is C26H42O2. The number of Topliss-reactive ketones (excluding diaryl/α,β-unsaturated/α-hetero) is 1. The van der Waals surface area contributed by atoms with Gasteiger partial charge in [-0.1, -0.05) is 45.3 Å². The number of unbranched alkanes of at least 4 members (excludes halogenated alkanes) is 1. The van der Waals surface area contributed by atoms with Crippen LogP contribution in [-0.2, 0) is 4.79 Å². The summed E-state index contributed by atoms with van der Waals surface area (Å²) in [6.45, 7) is 7.64. The number of hydrogen-bond donors (Lipinski definition) is 1. The van der Waals surface area contributed by atoms with Crippen molar-refractivity contribution in [2.45, 2.75) is 97.8 Å². The first-order valence-electron chi connectivity index (χ1n) is 12.2. The number of fused-ring (bicyclic) bond motifs is 5. The van der Waals surface area contributed by atoms with Crippen LogP contribution in [0.4, 0.5) is 0 Å². The van der Waals surface area contributed by atoms with E-state index in [4.69, 9.17) is 0 Å². The molecule has 5 unspecified atom stereocenters. The summed E-state index contributed by atoms with van der Waals surface area (Å²) in [4.78, 5) is 12.0. The molecule has 1 N–H and O–H groups in total. The Morgan fingerprint density at radius 1 is 1.11 bits per heavy atom. The Morgan fingerprint density at radius 2 is 1.89 bits per heavy atom.